The lowest BCUT2D eigenvalue weighted by Gasteiger charge is -2.35. The molecule has 0 aromatic heterocycles. The van der Waals surface area contributed by atoms with E-state index < -0.39 is 0 Å². The number of thiol groups is 1. The molecular formula is C22H30FO3PS. The van der Waals surface area contributed by atoms with Crippen LogP contribution in [0.1, 0.15) is 56.4 Å². The number of ether oxygens (including phenoxy) is 2. The first-order valence-corrected chi connectivity index (χ1v) is 11.0. The largest absolute Gasteiger partial charge is 0.504 e. The van der Waals surface area contributed by atoms with Crippen LogP contribution in [-0.2, 0) is 5.16 Å². The van der Waals surface area contributed by atoms with Gasteiger partial charge < -0.3 is 14.6 Å². The van der Waals surface area contributed by atoms with Crippen LogP contribution in [0.3, 0.4) is 0 Å². The van der Waals surface area contributed by atoms with Gasteiger partial charge in [-0.3, -0.25) is 0 Å². The molecule has 6 heteroatoms. The van der Waals surface area contributed by atoms with E-state index in [1.807, 2.05) is 19.1 Å². The van der Waals surface area contributed by atoms with Crippen molar-refractivity contribution >= 4 is 26.5 Å². The standard InChI is InChI=1S/C22H30FO3PS/c1-6-10-22(7-2,18-12-16(25-4)13-19(26-5)21(18)24)27-20-9-8-15(23)11-17(20)14(3)28/h8-9,11-14,24,27-28H,6-7,10H2,1-5H3. The minimum absolute atomic E-state index is 0.0807. The van der Waals surface area contributed by atoms with Gasteiger partial charge in [-0.25, -0.2) is 4.39 Å². The second-order valence-electron chi connectivity index (χ2n) is 6.94. The molecule has 0 aliphatic heterocycles. The zero-order valence-corrected chi connectivity index (χ0v) is 19.1. The Morgan fingerprint density at radius 1 is 1.18 bits per heavy atom. The van der Waals surface area contributed by atoms with Crippen molar-refractivity contribution in [3.8, 4) is 17.2 Å². The Labute approximate surface area is 174 Å². The molecule has 3 atom stereocenters. The van der Waals surface area contributed by atoms with Crippen LogP contribution in [-0.4, -0.2) is 19.3 Å². The quantitative estimate of drug-likeness (QED) is 0.386. The summed E-state index contributed by atoms with van der Waals surface area (Å²) in [5.74, 6) is 0.932. The Hall–Kier alpha value is -1.45. The Balaban J connectivity index is 2.67. The lowest BCUT2D eigenvalue weighted by Crippen LogP contribution is -2.24. The summed E-state index contributed by atoms with van der Waals surface area (Å²) in [6.45, 7) is 6.21. The number of methoxy groups -OCH3 is 2. The van der Waals surface area contributed by atoms with E-state index in [0.717, 1.165) is 35.7 Å². The Kier molecular flexibility index (Phi) is 8.03. The first-order valence-electron chi connectivity index (χ1n) is 9.53. The van der Waals surface area contributed by atoms with Crippen molar-refractivity contribution in [2.24, 2.45) is 0 Å². The zero-order valence-electron chi connectivity index (χ0n) is 17.2. The van der Waals surface area contributed by atoms with Crippen molar-refractivity contribution in [2.75, 3.05) is 14.2 Å². The summed E-state index contributed by atoms with van der Waals surface area (Å²) in [6.07, 6.45) is 2.65. The van der Waals surface area contributed by atoms with E-state index in [-0.39, 0.29) is 22.0 Å². The Morgan fingerprint density at radius 2 is 1.89 bits per heavy atom. The van der Waals surface area contributed by atoms with Crippen LogP contribution in [0.4, 0.5) is 4.39 Å². The van der Waals surface area contributed by atoms with Gasteiger partial charge in [-0.2, -0.15) is 12.6 Å². The molecule has 154 valence electrons. The number of halogens is 1. The van der Waals surface area contributed by atoms with Crippen LogP contribution < -0.4 is 14.8 Å². The predicted octanol–water partition coefficient (Wildman–Crippen LogP) is 5.95. The summed E-state index contributed by atoms with van der Waals surface area (Å²) in [7, 11) is 3.48. The first-order chi connectivity index (χ1) is 13.3. The predicted molar refractivity (Wildman–Crippen MR) is 120 cm³/mol. The maximum atomic E-state index is 13.9. The van der Waals surface area contributed by atoms with Gasteiger partial charge in [0.05, 0.1) is 14.2 Å². The maximum Gasteiger partial charge on any atom is 0.164 e. The second-order valence-corrected chi connectivity index (χ2v) is 9.46. The molecule has 0 saturated heterocycles. The molecule has 0 heterocycles. The fourth-order valence-corrected chi connectivity index (χ4v) is 5.95. The average molecular weight is 425 g/mol. The summed E-state index contributed by atoms with van der Waals surface area (Å²) < 4.78 is 24.7. The third kappa shape index (κ3) is 4.75. The molecule has 2 aromatic rings. The number of hydrogen-bond acceptors (Lipinski definition) is 4. The number of aromatic hydroxyl groups is 1. The van der Waals surface area contributed by atoms with Crippen LogP contribution in [0.5, 0.6) is 17.2 Å². The van der Waals surface area contributed by atoms with Crippen LogP contribution in [0, 0.1) is 5.82 Å². The lowest BCUT2D eigenvalue weighted by molar-refractivity contribution is 0.354. The Morgan fingerprint density at radius 3 is 2.43 bits per heavy atom. The maximum absolute atomic E-state index is 13.9. The van der Waals surface area contributed by atoms with Gasteiger partial charge in [0.1, 0.15) is 11.6 Å². The molecular weight excluding hydrogens is 394 g/mol. The van der Waals surface area contributed by atoms with Crippen LogP contribution in [0.25, 0.3) is 0 Å². The molecule has 0 aliphatic rings. The van der Waals surface area contributed by atoms with Gasteiger partial charge in [-0.1, -0.05) is 34.9 Å². The monoisotopic (exact) mass is 424 g/mol. The SMILES string of the molecule is CCCC(CC)(Pc1ccc(F)cc1C(C)S)c1cc(OC)cc(OC)c1O. The first kappa shape index (κ1) is 22.8. The van der Waals surface area contributed by atoms with E-state index >= 15 is 0 Å². The fourth-order valence-electron chi connectivity index (χ4n) is 3.62. The van der Waals surface area contributed by atoms with Crippen molar-refractivity contribution in [2.45, 2.75) is 50.4 Å². The van der Waals surface area contributed by atoms with E-state index in [2.05, 4.69) is 26.5 Å². The highest BCUT2D eigenvalue weighted by molar-refractivity contribution is 7.80. The highest BCUT2D eigenvalue weighted by atomic mass is 32.1. The van der Waals surface area contributed by atoms with E-state index in [4.69, 9.17) is 9.47 Å². The second kappa shape index (κ2) is 9.84. The van der Waals surface area contributed by atoms with Crippen molar-refractivity contribution in [3.63, 3.8) is 0 Å². The normalized spacial score (nSPS) is 14.8. The number of phenolic OH excluding ortho intramolecular Hbond substituents is 1. The minimum atomic E-state index is -0.310. The number of hydrogen-bond donors (Lipinski definition) is 2. The highest BCUT2D eigenvalue weighted by Crippen LogP contribution is 2.54. The molecule has 1 N–H and O–H groups in total. The summed E-state index contributed by atoms with van der Waals surface area (Å²) in [6, 6.07) is 8.51. The summed E-state index contributed by atoms with van der Waals surface area (Å²) >= 11 is 4.55. The summed E-state index contributed by atoms with van der Waals surface area (Å²) in [5, 5.41) is 11.6. The van der Waals surface area contributed by atoms with Gasteiger partial charge in [-0.15, -0.1) is 0 Å². The number of benzene rings is 2. The lowest BCUT2D eigenvalue weighted by atomic mass is 9.89. The van der Waals surface area contributed by atoms with Crippen molar-refractivity contribution in [1.82, 2.24) is 0 Å². The van der Waals surface area contributed by atoms with Gasteiger partial charge >= 0.3 is 0 Å². The molecule has 0 spiro atoms. The van der Waals surface area contributed by atoms with E-state index in [1.54, 1.807) is 19.2 Å². The van der Waals surface area contributed by atoms with Gasteiger partial charge in [0.25, 0.3) is 0 Å². The van der Waals surface area contributed by atoms with E-state index in [1.165, 1.54) is 13.2 Å². The molecule has 0 bridgehead atoms. The fraction of sp³-hybridized carbons (Fsp3) is 0.455. The summed E-state index contributed by atoms with van der Waals surface area (Å²) in [4.78, 5) is 0. The number of phenols is 1. The van der Waals surface area contributed by atoms with Crippen molar-refractivity contribution in [3.05, 3.63) is 47.3 Å². The molecule has 0 amide bonds. The van der Waals surface area contributed by atoms with Crippen LogP contribution in [0.15, 0.2) is 30.3 Å². The van der Waals surface area contributed by atoms with E-state index in [9.17, 15) is 9.50 Å². The topological polar surface area (TPSA) is 38.7 Å². The average Bonchev–Trinajstić information content (AvgIpc) is 2.68. The molecule has 0 aliphatic carbocycles. The molecule has 0 saturated carbocycles. The van der Waals surface area contributed by atoms with E-state index in [0.29, 0.717) is 20.1 Å². The van der Waals surface area contributed by atoms with Crippen LogP contribution in [0.2, 0.25) is 0 Å². The minimum Gasteiger partial charge on any atom is -0.504 e. The van der Waals surface area contributed by atoms with Gasteiger partial charge in [0.2, 0.25) is 0 Å². The molecule has 3 unspecified atom stereocenters. The van der Waals surface area contributed by atoms with Gasteiger partial charge in [0.15, 0.2) is 11.5 Å². The van der Waals surface area contributed by atoms with Crippen molar-refractivity contribution in [1.29, 1.82) is 0 Å². The molecule has 2 aromatic carbocycles. The van der Waals surface area contributed by atoms with Crippen LogP contribution >= 0.6 is 21.2 Å². The smallest absolute Gasteiger partial charge is 0.164 e. The number of rotatable bonds is 9. The molecule has 28 heavy (non-hydrogen) atoms. The highest BCUT2D eigenvalue weighted by Gasteiger charge is 2.35. The molecule has 0 fully saturated rings. The summed E-state index contributed by atoms with van der Waals surface area (Å²) in [5.41, 5.74) is 1.71. The zero-order chi connectivity index (χ0) is 20.9. The molecule has 2 rings (SSSR count). The van der Waals surface area contributed by atoms with Gasteiger partial charge in [-0.05, 0) is 48.8 Å². The third-order valence-corrected chi connectivity index (χ3v) is 7.49. The Bertz CT molecular complexity index is 813. The molecule has 3 nitrogen and oxygen atoms in total. The van der Waals surface area contributed by atoms with Crippen molar-refractivity contribution < 1.29 is 19.0 Å². The van der Waals surface area contributed by atoms with Gasteiger partial charge in [0, 0.05) is 22.0 Å². The third-order valence-electron chi connectivity index (χ3n) is 5.14. The molecule has 0 radical (unpaired) electrons.